The molecule has 4 unspecified atom stereocenters. The molecule has 4 nitrogen and oxygen atoms in total. The van der Waals surface area contributed by atoms with Crippen LogP contribution >= 0.6 is 0 Å². The molecule has 102 valence electrons. The van der Waals surface area contributed by atoms with E-state index in [2.05, 4.69) is 37.0 Å². The highest BCUT2D eigenvalue weighted by Gasteiger charge is 2.62. The molecule has 1 heterocycles. The Labute approximate surface area is 114 Å². The zero-order valence-electron chi connectivity index (χ0n) is 11.9. The molecule has 0 spiro atoms. The third-order valence-corrected chi connectivity index (χ3v) is 4.99. The van der Waals surface area contributed by atoms with Crippen LogP contribution in [0.25, 0.3) is 0 Å². The third kappa shape index (κ3) is 2.05. The van der Waals surface area contributed by atoms with Crippen molar-refractivity contribution >= 4 is 0 Å². The molecular weight excluding hydrogens is 238 g/mol. The van der Waals surface area contributed by atoms with E-state index in [0.29, 0.717) is 11.8 Å². The van der Waals surface area contributed by atoms with Gasteiger partial charge in [-0.05, 0) is 24.2 Å². The minimum atomic E-state index is -0.0155. The van der Waals surface area contributed by atoms with Crippen molar-refractivity contribution in [3.8, 4) is 6.07 Å². The molecule has 2 fully saturated rings. The highest BCUT2D eigenvalue weighted by molar-refractivity contribution is 5.26. The first-order valence-electron chi connectivity index (χ1n) is 7.27. The largest absolute Gasteiger partial charge is 0.339 e. The molecule has 0 N–H and O–H groups in total. The second-order valence-corrected chi connectivity index (χ2v) is 6.87. The van der Waals surface area contributed by atoms with Crippen LogP contribution < -0.4 is 0 Å². The van der Waals surface area contributed by atoms with Crippen LogP contribution in [0.15, 0.2) is 4.52 Å². The van der Waals surface area contributed by atoms with Crippen LogP contribution in [0.5, 0.6) is 0 Å². The fraction of sp³-hybridized carbons (Fsp3) is 0.800. The third-order valence-electron chi connectivity index (χ3n) is 4.99. The lowest BCUT2D eigenvalue weighted by atomic mass is 9.82. The number of nitrogens with zero attached hydrogens (tertiary/aromatic N) is 3. The lowest BCUT2D eigenvalue weighted by molar-refractivity contribution is 0.318. The van der Waals surface area contributed by atoms with Gasteiger partial charge in [0.1, 0.15) is 0 Å². The monoisotopic (exact) mass is 259 g/mol. The van der Waals surface area contributed by atoms with Crippen molar-refractivity contribution in [3.05, 3.63) is 11.7 Å². The van der Waals surface area contributed by atoms with Crippen molar-refractivity contribution in [1.29, 1.82) is 5.26 Å². The molecule has 2 saturated carbocycles. The lowest BCUT2D eigenvalue weighted by Gasteiger charge is -2.23. The Hall–Kier alpha value is -1.37. The Morgan fingerprint density at radius 1 is 1.37 bits per heavy atom. The van der Waals surface area contributed by atoms with Gasteiger partial charge in [0.25, 0.3) is 0 Å². The summed E-state index contributed by atoms with van der Waals surface area (Å²) in [7, 11) is 0. The van der Waals surface area contributed by atoms with Crippen LogP contribution in [0, 0.1) is 28.6 Å². The van der Waals surface area contributed by atoms with E-state index in [1.807, 2.05) is 0 Å². The van der Waals surface area contributed by atoms with Crippen molar-refractivity contribution in [3.63, 3.8) is 0 Å². The first-order valence-corrected chi connectivity index (χ1v) is 7.27. The van der Waals surface area contributed by atoms with E-state index in [4.69, 9.17) is 9.78 Å². The van der Waals surface area contributed by atoms with Gasteiger partial charge in [-0.25, -0.2) is 0 Å². The molecule has 19 heavy (non-hydrogen) atoms. The Kier molecular flexibility index (Phi) is 2.88. The van der Waals surface area contributed by atoms with Crippen LogP contribution in [-0.4, -0.2) is 10.1 Å². The summed E-state index contributed by atoms with van der Waals surface area (Å²) in [5.41, 5.74) is -0.0155. The predicted molar refractivity (Wildman–Crippen MR) is 70.3 cm³/mol. The van der Waals surface area contributed by atoms with Crippen LogP contribution in [0.3, 0.4) is 0 Å². The molecule has 3 rings (SSSR count). The maximum Gasteiger partial charge on any atom is 0.231 e. The topological polar surface area (TPSA) is 62.7 Å². The van der Waals surface area contributed by atoms with Gasteiger partial charge in [-0.2, -0.15) is 10.2 Å². The molecule has 2 aliphatic carbocycles. The van der Waals surface area contributed by atoms with Gasteiger partial charge in [0.15, 0.2) is 5.82 Å². The Bertz CT molecular complexity index is 514. The molecule has 2 aliphatic rings. The maximum absolute atomic E-state index is 9.12. The molecule has 0 aromatic carbocycles. The Morgan fingerprint density at radius 2 is 2.16 bits per heavy atom. The van der Waals surface area contributed by atoms with Gasteiger partial charge in [0, 0.05) is 5.92 Å². The number of hydrogen-bond donors (Lipinski definition) is 0. The summed E-state index contributed by atoms with van der Waals surface area (Å²) in [6.07, 6.45) is 4.90. The Balaban J connectivity index is 1.76. The van der Waals surface area contributed by atoms with E-state index >= 15 is 0 Å². The van der Waals surface area contributed by atoms with Gasteiger partial charge in [0.05, 0.1) is 17.9 Å². The van der Waals surface area contributed by atoms with Gasteiger partial charge >= 0.3 is 0 Å². The first-order chi connectivity index (χ1) is 9.04. The fourth-order valence-electron chi connectivity index (χ4n) is 3.55. The van der Waals surface area contributed by atoms with Gasteiger partial charge < -0.3 is 4.52 Å². The summed E-state index contributed by atoms with van der Waals surface area (Å²) in [6.45, 7) is 6.49. The summed E-state index contributed by atoms with van der Waals surface area (Å²) in [4.78, 5) is 4.60. The molecule has 0 radical (unpaired) electrons. The summed E-state index contributed by atoms with van der Waals surface area (Å²) >= 11 is 0. The average Bonchev–Trinajstić information content (AvgIpc) is 2.76. The standard InChI is InChI=1S/C15H21N3O/c1-9-5-4-6-10(7-9)13-17-14(19-18-13)12-11(8-16)15(12,2)3/h9-12H,4-7H2,1-3H3. The quantitative estimate of drug-likeness (QED) is 0.813. The van der Waals surface area contributed by atoms with Crippen LogP contribution in [0.2, 0.25) is 0 Å². The number of hydrogen-bond acceptors (Lipinski definition) is 4. The van der Waals surface area contributed by atoms with Gasteiger partial charge in [0.2, 0.25) is 5.89 Å². The van der Waals surface area contributed by atoms with E-state index in [1.54, 1.807) is 0 Å². The van der Waals surface area contributed by atoms with E-state index in [9.17, 15) is 0 Å². The van der Waals surface area contributed by atoms with E-state index in [1.165, 1.54) is 19.3 Å². The van der Waals surface area contributed by atoms with Crippen molar-refractivity contribution in [2.24, 2.45) is 17.3 Å². The molecule has 1 aromatic rings. The van der Waals surface area contributed by atoms with Crippen LogP contribution in [0.4, 0.5) is 0 Å². The normalized spacial score (nSPS) is 36.7. The van der Waals surface area contributed by atoms with Gasteiger partial charge in [-0.1, -0.05) is 38.8 Å². The minimum absolute atomic E-state index is 0.0155. The molecule has 4 heteroatoms. The second-order valence-electron chi connectivity index (χ2n) is 6.87. The Morgan fingerprint density at radius 3 is 2.79 bits per heavy atom. The predicted octanol–water partition coefficient (Wildman–Crippen LogP) is 3.63. The SMILES string of the molecule is CC1CCCC(c2noc(C3C(C#N)C3(C)C)n2)C1. The maximum atomic E-state index is 9.12. The van der Waals surface area contributed by atoms with E-state index in [-0.39, 0.29) is 17.3 Å². The summed E-state index contributed by atoms with van der Waals surface area (Å²) in [6, 6.07) is 2.35. The molecular formula is C15H21N3O. The molecule has 0 saturated heterocycles. The van der Waals surface area contributed by atoms with Crippen LogP contribution in [0.1, 0.15) is 70.0 Å². The molecule has 0 amide bonds. The van der Waals surface area contributed by atoms with Crippen molar-refractivity contribution in [1.82, 2.24) is 10.1 Å². The van der Waals surface area contributed by atoms with Crippen LogP contribution in [-0.2, 0) is 0 Å². The second kappa shape index (κ2) is 4.33. The smallest absolute Gasteiger partial charge is 0.231 e. The number of nitriles is 1. The van der Waals surface area contributed by atoms with Crippen molar-refractivity contribution in [2.75, 3.05) is 0 Å². The fourth-order valence-corrected chi connectivity index (χ4v) is 3.55. The summed E-state index contributed by atoms with van der Waals surface area (Å²) < 4.78 is 5.43. The van der Waals surface area contributed by atoms with Gasteiger partial charge in [-0.3, -0.25) is 0 Å². The zero-order valence-corrected chi connectivity index (χ0v) is 11.9. The van der Waals surface area contributed by atoms with E-state index < -0.39 is 0 Å². The molecule has 0 bridgehead atoms. The first kappa shape index (κ1) is 12.7. The summed E-state index contributed by atoms with van der Waals surface area (Å²) in [5.74, 6) is 2.88. The highest BCUT2D eigenvalue weighted by atomic mass is 16.5. The zero-order chi connectivity index (χ0) is 13.6. The molecule has 4 atom stereocenters. The number of aromatic nitrogens is 2. The highest BCUT2D eigenvalue weighted by Crippen LogP contribution is 2.63. The number of rotatable bonds is 2. The van der Waals surface area contributed by atoms with Crippen molar-refractivity contribution in [2.45, 2.75) is 58.3 Å². The molecule has 1 aromatic heterocycles. The van der Waals surface area contributed by atoms with Crippen molar-refractivity contribution < 1.29 is 4.52 Å². The van der Waals surface area contributed by atoms with Gasteiger partial charge in [-0.15, -0.1) is 0 Å². The minimum Gasteiger partial charge on any atom is -0.339 e. The lowest BCUT2D eigenvalue weighted by Crippen LogP contribution is -2.12. The molecule has 0 aliphatic heterocycles. The van der Waals surface area contributed by atoms with E-state index in [0.717, 1.165) is 18.2 Å². The average molecular weight is 259 g/mol. The summed E-state index contributed by atoms with van der Waals surface area (Å²) in [5, 5.41) is 13.3.